The topological polar surface area (TPSA) is 102 Å². The minimum atomic E-state index is 0.428. The molecule has 28 heavy (non-hydrogen) atoms. The zero-order valence-corrected chi connectivity index (χ0v) is 16.4. The number of aromatic nitrogens is 4. The molecule has 3 aromatic rings. The van der Waals surface area contributed by atoms with Crippen molar-refractivity contribution in [2.45, 2.75) is 38.3 Å². The first kappa shape index (κ1) is 18.8. The second-order valence-corrected chi connectivity index (χ2v) is 7.59. The van der Waals surface area contributed by atoms with Crippen LogP contribution in [-0.4, -0.2) is 32.5 Å². The van der Waals surface area contributed by atoms with Crippen LogP contribution in [0.15, 0.2) is 36.8 Å². The number of hydrogen-bond donors (Lipinski definition) is 3. The molecule has 0 atom stereocenters. The summed E-state index contributed by atoms with van der Waals surface area (Å²) in [6, 6.07) is 6.39. The number of rotatable bonds is 6. The van der Waals surface area contributed by atoms with Gasteiger partial charge in [-0.15, -0.1) is 0 Å². The summed E-state index contributed by atoms with van der Waals surface area (Å²) in [7, 11) is 0. The molecule has 0 spiro atoms. The highest BCUT2D eigenvalue weighted by Gasteiger charge is 2.21. The number of pyridine rings is 2. The molecule has 146 valence electrons. The van der Waals surface area contributed by atoms with Crippen molar-refractivity contribution in [3.8, 4) is 0 Å². The molecule has 0 saturated heterocycles. The van der Waals surface area contributed by atoms with E-state index in [4.69, 9.17) is 17.3 Å². The van der Waals surface area contributed by atoms with Gasteiger partial charge in [0.2, 0.25) is 5.95 Å². The predicted molar refractivity (Wildman–Crippen MR) is 112 cm³/mol. The Kier molecular flexibility index (Phi) is 5.83. The van der Waals surface area contributed by atoms with Crippen LogP contribution in [0.25, 0.3) is 10.9 Å². The van der Waals surface area contributed by atoms with Gasteiger partial charge in [0.05, 0.1) is 0 Å². The normalized spacial score (nSPS) is 19.5. The van der Waals surface area contributed by atoms with Gasteiger partial charge in [-0.1, -0.05) is 11.6 Å². The SMILES string of the molecule is NCc1cnc(NC[C@H]2CC[C@H](Nc3ccc4ccnc(Cl)c4n3)CC2)nc1. The van der Waals surface area contributed by atoms with Crippen molar-refractivity contribution in [2.75, 3.05) is 17.2 Å². The minimum absolute atomic E-state index is 0.428. The molecule has 4 N–H and O–H groups in total. The Balaban J connectivity index is 1.27. The van der Waals surface area contributed by atoms with Gasteiger partial charge in [0, 0.05) is 48.7 Å². The summed E-state index contributed by atoms with van der Waals surface area (Å²) in [5, 5.41) is 8.34. The highest BCUT2D eigenvalue weighted by atomic mass is 35.5. The van der Waals surface area contributed by atoms with E-state index in [1.165, 1.54) is 0 Å². The van der Waals surface area contributed by atoms with Crippen LogP contribution in [0.4, 0.5) is 11.8 Å². The van der Waals surface area contributed by atoms with E-state index >= 15 is 0 Å². The van der Waals surface area contributed by atoms with Crippen molar-refractivity contribution < 1.29 is 0 Å². The summed E-state index contributed by atoms with van der Waals surface area (Å²) in [6.45, 7) is 1.36. The third-order valence-corrected chi connectivity index (χ3v) is 5.53. The second kappa shape index (κ2) is 8.67. The van der Waals surface area contributed by atoms with Gasteiger partial charge in [0.1, 0.15) is 11.3 Å². The number of anilines is 2. The Bertz CT molecular complexity index is 923. The number of hydrogen-bond acceptors (Lipinski definition) is 7. The first-order chi connectivity index (χ1) is 13.7. The van der Waals surface area contributed by atoms with Crippen molar-refractivity contribution in [2.24, 2.45) is 11.7 Å². The zero-order valence-electron chi connectivity index (χ0n) is 15.6. The third-order valence-electron chi connectivity index (χ3n) is 5.25. The monoisotopic (exact) mass is 397 g/mol. The van der Waals surface area contributed by atoms with Gasteiger partial charge in [-0.3, -0.25) is 0 Å². The standard InChI is InChI=1S/C20H24ClN7/c21-19-18-15(7-8-23-19)3-6-17(28-18)27-16-4-1-13(2-5-16)10-24-20-25-11-14(9-22)12-26-20/h3,6-8,11-13,16H,1-2,4-5,9-10,22H2,(H,27,28)(H,24,25,26)/t13-,16-. The summed E-state index contributed by atoms with van der Waals surface area (Å²) in [6.07, 6.45) is 9.78. The van der Waals surface area contributed by atoms with Crippen molar-refractivity contribution in [1.29, 1.82) is 0 Å². The summed E-state index contributed by atoms with van der Waals surface area (Å²) >= 11 is 6.17. The van der Waals surface area contributed by atoms with Gasteiger partial charge in [-0.05, 0) is 49.8 Å². The molecular weight excluding hydrogens is 374 g/mol. The lowest BCUT2D eigenvalue weighted by Crippen LogP contribution is -2.29. The van der Waals surface area contributed by atoms with Crippen LogP contribution in [0.3, 0.4) is 0 Å². The second-order valence-electron chi connectivity index (χ2n) is 7.23. The van der Waals surface area contributed by atoms with E-state index in [9.17, 15) is 0 Å². The molecule has 0 unspecified atom stereocenters. The fraction of sp³-hybridized carbons (Fsp3) is 0.400. The lowest BCUT2D eigenvalue weighted by atomic mass is 9.86. The Hall–Kier alpha value is -2.51. The van der Waals surface area contributed by atoms with Gasteiger partial charge in [0.25, 0.3) is 0 Å². The molecule has 1 aliphatic carbocycles. The maximum absolute atomic E-state index is 6.17. The fourth-order valence-electron chi connectivity index (χ4n) is 3.60. The smallest absolute Gasteiger partial charge is 0.222 e. The number of nitrogens with two attached hydrogens (primary N) is 1. The Morgan fingerprint density at radius 1 is 1.04 bits per heavy atom. The summed E-state index contributed by atoms with van der Waals surface area (Å²) < 4.78 is 0. The molecule has 3 aromatic heterocycles. The minimum Gasteiger partial charge on any atom is -0.367 e. The Labute approximate surface area is 169 Å². The average Bonchev–Trinajstić information content (AvgIpc) is 2.74. The predicted octanol–water partition coefficient (Wildman–Crippen LogP) is 3.61. The molecule has 0 amide bonds. The molecule has 0 radical (unpaired) electrons. The maximum Gasteiger partial charge on any atom is 0.222 e. The molecule has 1 fully saturated rings. The molecule has 8 heteroatoms. The van der Waals surface area contributed by atoms with Crippen LogP contribution in [-0.2, 0) is 6.54 Å². The van der Waals surface area contributed by atoms with E-state index in [1.54, 1.807) is 18.6 Å². The van der Waals surface area contributed by atoms with Crippen LogP contribution in [0.5, 0.6) is 0 Å². The van der Waals surface area contributed by atoms with Crippen LogP contribution in [0.2, 0.25) is 5.15 Å². The Morgan fingerprint density at radius 3 is 2.57 bits per heavy atom. The third kappa shape index (κ3) is 4.48. The van der Waals surface area contributed by atoms with E-state index in [2.05, 4.69) is 30.6 Å². The van der Waals surface area contributed by atoms with Crippen molar-refractivity contribution in [3.05, 3.63) is 47.5 Å². The molecule has 0 aromatic carbocycles. The first-order valence-corrected chi connectivity index (χ1v) is 10.0. The van der Waals surface area contributed by atoms with Crippen LogP contribution < -0.4 is 16.4 Å². The van der Waals surface area contributed by atoms with Crippen LogP contribution in [0, 0.1) is 5.92 Å². The average molecular weight is 398 g/mol. The lowest BCUT2D eigenvalue weighted by Gasteiger charge is -2.29. The fourth-order valence-corrected chi connectivity index (χ4v) is 3.81. The van der Waals surface area contributed by atoms with Gasteiger partial charge >= 0.3 is 0 Å². The van der Waals surface area contributed by atoms with E-state index in [0.29, 0.717) is 29.6 Å². The number of halogens is 1. The Morgan fingerprint density at radius 2 is 1.82 bits per heavy atom. The molecule has 3 heterocycles. The summed E-state index contributed by atoms with van der Waals surface area (Å²) in [5.74, 6) is 2.15. The van der Waals surface area contributed by atoms with E-state index in [1.807, 2.05) is 18.2 Å². The molecule has 4 rings (SSSR count). The molecule has 7 nitrogen and oxygen atoms in total. The molecule has 1 saturated carbocycles. The molecule has 0 bridgehead atoms. The molecule has 0 aliphatic heterocycles. The van der Waals surface area contributed by atoms with E-state index in [0.717, 1.165) is 54.5 Å². The number of nitrogens with zero attached hydrogens (tertiary/aromatic N) is 4. The zero-order chi connectivity index (χ0) is 19.3. The largest absolute Gasteiger partial charge is 0.367 e. The van der Waals surface area contributed by atoms with Gasteiger partial charge < -0.3 is 16.4 Å². The van der Waals surface area contributed by atoms with E-state index in [-0.39, 0.29) is 0 Å². The number of fused-ring (bicyclic) bond motifs is 1. The first-order valence-electron chi connectivity index (χ1n) is 9.64. The maximum atomic E-state index is 6.17. The summed E-state index contributed by atoms with van der Waals surface area (Å²) in [5.41, 5.74) is 7.26. The van der Waals surface area contributed by atoms with Crippen molar-refractivity contribution in [3.63, 3.8) is 0 Å². The van der Waals surface area contributed by atoms with Crippen LogP contribution >= 0.6 is 11.6 Å². The number of nitrogens with one attached hydrogen (secondary N) is 2. The highest BCUT2D eigenvalue weighted by molar-refractivity contribution is 6.33. The van der Waals surface area contributed by atoms with E-state index < -0.39 is 0 Å². The molecule has 1 aliphatic rings. The highest BCUT2D eigenvalue weighted by Crippen LogP contribution is 2.27. The van der Waals surface area contributed by atoms with Crippen molar-refractivity contribution in [1.82, 2.24) is 19.9 Å². The van der Waals surface area contributed by atoms with Gasteiger partial charge in [-0.25, -0.2) is 19.9 Å². The quantitative estimate of drug-likeness (QED) is 0.546. The van der Waals surface area contributed by atoms with Crippen LogP contribution in [0.1, 0.15) is 31.2 Å². The van der Waals surface area contributed by atoms with Crippen molar-refractivity contribution >= 4 is 34.3 Å². The van der Waals surface area contributed by atoms with Gasteiger partial charge in [0.15, 0.2) is 5.15 Å². The van der Waals surface area contributed by atoms with Gasteiger partial charge in [-0.2, -0.15) is 0 Å². The lowest BCUT2D eigenvalue weighted by molar-refractivity contribution is 0.350. The molecular formula is C20H24ClN7. The summed E-state index contributed by atoms with van der Waals surface area (Å²) in [4.78, 5) is 17.3.